The van der Waals surface area contributed by atoms with Gasteiger partial charge in [0.2, 0.25) is 0 Å². The van der Waals surface area contributed by atoms with E-state index in [0.29, 0.717) is 30.0 Å². The molecule has 0 aliphatic heterocycles. The molecule has 3 rings (SSSR count). The highest BCUT2D eigenvalue weighted by atomic mass is 16.2. The van der Waals surface area contributed by atoms with Crippen molar-refractivity contribution in [2.24, 2.45) is 14.1 Å². The fourth-order valence-corrected chi connectivity index (χ4v) is 2.47. The summed E-state index contributed by atoms with van der Waals surface area (Å²) in [6.07, 6.45) is 0.421. The van der Waals surface area contributed by atoms with Crippen molar-refractivity contribution in [3.05, 3.63) is 62.6 Å². The number of benzene rings is 1. The van der Waals surface area contributed by atoms with Crippen molar-refractivity contribution in [2.75, 3.05) is 6.54 Å². The van der Waals surface area contributed by atoms with Crippen LogP contribution in [0.3, 0.4) is 0 Å². The minimum atomic E-state index is -0.441. The number of aryl methyl sites for hydroxylation is 1. The van der Waals surface area contributed by atoms with E-state index in [0.717, 1.165) is 4.57 Å². The number of hydrogen-bond acceptors (Lipinski definition) is 4. The first-order chi connectivity index (χ1) is 11.5. The molecule has 2 heterocycles. The van der Waals surface area contributed by atoms with Gasteiger partial charge in [0.05, 0.1) is 0 Å². The van der Waals surface area contributed by atoms with E-state index in [1.54, 1.807) is 31.3 Å². The fourth-order valence-electron chi connectivity index (χ4n) is 2.47. The number of hydrogen-bond donors (Lipinski definition) is 2. The Morgan fingerprint density at radius 2 is 1.88 bits per heavy atom. The van der Waals surface area contributed by atoms with Gasteiger partial charge in [-0.15, -0.1) is 0 Å². The van der Waals surface area contributed by atoms with E-state index in [-0.39, 0.29) is 11.4 Å². The van der Waals surface area contributed by atoms with Gasteiger partial charge >= 0.3 is 5.69 Å². The molecule has 1 amide bonds. The number of aromatic nitrogens is 4. The summed E-state index contributed by atoms with van der Waals surface area (Å²) in [7, 11) is 2.99. The molecule has 8 nitrogen and oxygen atoms in total. The predicted molar refractivity (Wildman–Crippen MR) is 89.1 cm³/mol. The predicted octanol–water partition coefficient (Wildman–Crippen LogP) is -0.0672. The van der Waals surface area contributed by atoms with Crippen molar-refractivity contribution in [3.63, 3.8) is 0 Å². The second-order valence-corrected chi connectivity index (χ2v) is 5.46. The molecule has 0 aliphatic carbocycles. The highest BCUT2D eigenvalue weighted by Gasteiger charge is 2.13. The van der Waals surface area contributed by atoms with Crippen LogP contribution in [0.5, 0.6) is 0 Å². The van der Waals surface area contributed by atoms with E-state index < -0.39 is 11.2 Å². The van der Waals surface area contributed by atoms with Crippen molar-refractivity contribution in [3.8, 4) is 0 Å². The second kappa shape index (κ2) is 6.15. The lowest BCUT2D eigenvalue weighted by Gasteiger charge is -2.03. The molecule has 3 aromatic rings. The van der Waals surface area contributed by atoms with Crippen LogP contribution in [0.2, 0.25) is 0 Å². The van der Waals surface area contributed by atoms with Gasteiger partial charge in [-0.05, 0) is 12.1 Å². The zero-order valence-electron chi connectivity index (χ0n) is 13.4. The summed E-state index contributed by atoms with van der Waals surface area (Å²) in [6, 6.07) is 8.90. The van der Waals surface area contributed by atoms with Crippen molar-refractivity contribution >= 4 is 17.1 Å². The summed E-state index contributed by atoms with van der Waals surface area (Å²) in [5.41, 5.74) is 0.318. The maximum Gasteiger partial charge on any atom is 0.332 e. The molecule has 0 fully saturated rings. The molecule has 0 unspecified atom stereocenters. The van der Waals surface area contributed by atoms with E-state index >= 15 is 0 Å². The first kappa shape index (κ1) is 15.7. The Hall–Kier alpha value is -3.16. The summed E-state index contributed by atoms with van der Waals surface area (Å²) >= 11 is 0. The largest absolute Gasteiger partial charge is 0.352 e. The standard InChI is InChI=1S/C16H17N5O3/c1-20-13-12(15(23)21(2)16(20)24)18-11(19-13)8-9-17-14(22)10-6-4-3-5-7-10/h3-7H,8-9H2,1-2H3,(H,17,22)(H,18,19). The average Bonchev–Trinajstić information content (AvgIpc) is 3.03. The smallest absolute Gasteiger partial charge is 0.332 e. The molecule has 0 spiro atoms. The first-order valence-corrected chi connectivity index (χ1v) is 7.47. The number of rotatable bonds is 4. The molecule has 1 aromatic carbocycles. The van der Waals surface area contributed by atoms with Gasteiger partial charge in [-0.2, -0.15) is 0 Å². The SMILES string of the molecule is Cn1c(=O)c2nc(CCNC(=O)c3ccccc3)[nH]c2n(C)c1=O. The number of carbonyl (C=O) groups is 1. The van der Waals surface area contributed by atoms with Crippen LogP contribution in [-0.2, 0) is 20.5 Å². The molecule has 0 aliphatic rings. The third kappa shape index (κ3) is 2.73. The van der Waals surface area contributed by atoms with Crippen molar-refractivity contribution in [1.82, 2.24) is 24.4 Å². The maximum absolute atomic E-state index is 12.1. The zero-order chi connectivity index (χ0) is 17.3. The third-order valence-corrected chi connectivity index (χ3v) is 3.83. The quantitative estimate of drug-likeness (QED) is 0.700. The molecule has 0 atom stereocenters. The molecule has 0 bridgehead atoms. The van der Waals surface area contributed by atoms with Crippen LogP contribution in [0, 0.1) is 0 Å². The lowest BCUT2D eigenvalue weighted by molar-refractivity contribution is 0.0954. The third-order valence-electron chi connectivity index (χ3n) is 3.83. The Morgan fingerprint density at radius 3 is 2.58 bits per heavy atom. The van der Waals surface area contributed by atoms with Gasteiger partial charge in [-0.3, -0.25) is 18.7 Å². The molecule has 0 saturated carbocycles. The van der Waals surface area contributed by atoms with E-state index in [9.17, 15) is 14.4 Å². The lowest BCUT2D eigenvalue weighted by atomic mass is 10.2. The normalized spacial score (nSPS) is 10.9. The average molecular weight is 327 g/mol. The summed E-state index contributed by atoms with van der Waals surface area (Å²) in [5.74, 6) is 0.367. The summed E-state index contributed by atoms with van der Waals surface area (Å²) in [4.78, 5) is 43.2. The number of imidazole rings is 1. The van der Waals surface area contributed by atoms with Gasteiger partial charge in [0.1, 0.15) is 11.5 Å². The lowest BCUT2D eigenvalue weighted by Crippen LogP contribution is -2.36. The summed E-state index contributed by atoms with van der Waals surface area (Å²) in [5, 5.41) is 2.79. The number of amides is 1. The molecule has 2 aromatic heterocycles. The van der Waals surface area contributed by atoms with Gasteiger partial charge in [-0.25, -0.2) is 9.78 Å². The minimum absolute atomic E-state index is 0.171. The number of H-pyrrole nitrogens is 1. The van der Waals surface area contributed by atoms with E-state index in [1.165, 1.54) is 11.6 Å². The molecule has 124 valence electrons. The Balaban J connectivity index is 1.76. The van der Waals surface area contributed by atoms with Crippen molar-refractivity contribution < 1.29 is 4.79 Å². The molecule has 0 saturated heterocycles. The van der Waals surface area contributed by atoms with Crippen LogP contribution in [0.4, 0.5) is 0 Å². The van der Waals surface area contributed by atoms with Crippen LogP contribution in [0.1, 0.15) is 16.2 Å². The minimum Gasteiger partial charge on any atom is -0.352 e. The van der Waals surface area contributed by atoms with Gasteiger partial charge in [0.25, 0.3) is 11.5 Å². The number of carbonyl (C=O) groups excluding carboxylic acids is 1. The Labute approximate surface area is 136 Å². The monoisotopic (exact) mass is 327 g/mol. The van der Waals surface area contributed by atoms with Gasteiger partial charge < -0.3 is 10.3 Å². The van der Waals surface area contributed by atoms with Crippen LogP contribution in [0.25, 0.3) is 11.2 Å². The number of nitrogens with zero attached hydrogens (tertiary/aromatic N) is 3. The van der Waals surface area contributed by atoms with Gasteiger partial charge in [-0.1, -0.05) is 18.2 Å². The topological polar surface area (TPSA) is 102 Å². The Kier molecular flexibility index (Phi) is 4.03. The molecular formula is C16H17N5O3. The Morgan fingerprint density at radius 1 is 1.17 bits per heavy atom. The fraction of sp³-hybridized carbons (Fsp3) is 0.250. The zero-order valence-corrected chi connectivity index (χ0v) is 13.4. The van der Waals surface area contributed by atoms with Crippen molar-refractivity contribution in [1.29, 1.82) is 0 Å². The number of nitrogens with one attached hydrogen (secondary N) is 2. The summed E-state index contributed by atoms with van der Waals surface area (Å²) < 4.78 is 2.36. The molecule has 8 heteroatoms. The first-order valence-electron chi connectivity index (χ1n) is 7.47. The highest BCUT2D eigenvalue weighted by molar-refractivity contribution is 5.94. The highest BCUT2D eigenvalue weighted by Crippen LogP contribution is 2.04. The van der Waals surface area contributed by atoms with Crippen LogP contribution >= 0.6 is 0 Å². The van der Waals surface area contributed by atoms with Crippen LogP contribution in [0.15, 0.2) is 39.9 Å². The van der Waals surface area contributed by atoms with E-state index in [1.807, 2.05) is 6.07 Å². The maximum atomic E-state index is 12.1. The molecule has 24 heavy (non-hydrogen) atoms. The number of fused-ring (bicyclic) bond motifs is 1. The van der Waals surface area contributed by atoms with Gasteiger partial charge in [0.15, 0.2) is 5.52 Å². The van der Waals surface area contributed by atoms with Gasteiger partial charge in [0, 0.05) is 32.6 Å². The van der Waals surface area contributed by atoms with Crippen molar-refractivity contribution in [2.45, 2.75) is 6.42 Å². The van der Waals surface area contributed by atoms with Crippen LogP contribution in [-0.4, -0.2) is 31.6 Å². The molecule has 2 N–H and O–H groups in total. The summed E-state index contributed by atoms with van der Waals surface area (Å²) in [6.45, 7) is 0.363. The Bertz CT molecular complexity index is 1010. The van der Waals surface area contributed by atoms with Crippen LogP contribution < -0.4 is 16.6 Å². The molecule has 0 radical (unpaired) electrons. The second-order valence-electron chi connectivity index (χ2n) is 5.46. The van der Waals surface area contributed by atoms with E-state index in [4.69, 9.17) is 0 Å². The molecular weight excluding hydrogens is 310 g/mol. The van der Waals surface area contributed by atoms with E-state index in [2.05, 4.69) is 15.3 Å². The number of aromatic amines is 1.